The van der Waals surface area contributed by atoms with Crippen molar-refractivity contribution in [1.29, 1.82) is 0 Å². The van der Waals surface area contributed by atoms with Crippen LogP contribution in [0, 0.1) is 0 Å². The number of fused-ring (bicyclic) bond motifs is 1. The van der Waals surface area contributed by atoms with Gasteiger partial charge in [-0.25, -0.2) is 4.98 Å². The molecule has 1 aromatic heterocycles. The summed E-state index contributed by atoms with van der Waals surface area (Å²) in [4.78, 5) is 20.8. The Labute approximate surface area is 169 Å². The normalized spacial score (nSPS) is 15.0. The lowest BCUT2D eigenvalue weighted by molar-refractivity contribution is -0.137. The standard InChI is InChI=1S/C20H18F3N3O2S/c1-28-15-5-3-14(4-6-15)25-8-10-26(11-9-25)19(27)18-24-16-12-13(20(21,22)23)2-7-17(16)29-18/h2-7,12H,8-11H2,1H3. The van der Waals surface area contributed by atoms with Gasteiger partial charge in [0.25, 0.3) is 5.91 Å². The maximum atomic E-state index is 12.9. The van der Waals surface area contributed by atoms with Gasteiger partial charge in [-0.2, -0.15) is 13.2 Å². The molecule has 9 heteroatoms. The minimum Gasteiger partial charge on any atom is -0.497 e. The quantitative estimate of drug-likeness (QED) is 0.633. The third-order valence-corrected chi connectivity index (χ3v) is 5.93. The number of hydrogen-bond acceptors (Lipinski definition) is 5. The molecule has 0 radical (unpaired) electrons. The Morgan fingerprint density at radius 3 is 2.38 bits per heavy atom. The van der Waals surface area contributed by atoms with Crippen LogP contribution in [0.25, 0.3) is 10.2 Å². The number of ether oxygens (including phenoxy) is 1. The molecule has 0 N–H and O–H groups in total. The summed E-state index contributed by atoms with van der Waals surface area (Å²) in [6, 6.07) is 11.1. The van der Waals surface area contributed by atoms with Gasteiger partial charge in [0.2, 0.25) is 0 Å². The molecule has 1 amide bonds. The zero-order chi connectivity index (χ0) is 20.6. The number of thiazole rings is 1. The van der Waals surface area contributed by atoms with Crippen molar-refractivity contribution in [3.8, 4) is 5.75 Å². The lowest BCUT2D eigenvalue weighted by Gasteiger charge is -2.35. The molecule has 0 bridgehead atoms. The number of carbonyl (C=O) groups excluding carboxylic acids is 1. The van der Waals surface area contributed by atoms with Gasteiger partial charge in [-0.15, -0.1) is 11.3 Å². The van der Waals surface area contributed by atoms with E-state index < -0.39 is 11.7 Å². The van der Waals surface area contributed by atoms with Crippen molar-refractivity contribution in [3.05, 3.63) is 53.0 Å². The van der Waals surface area contributed by atoms with Gasteiger partial charge in [-0.3, -0.25) is 4.79 Å². The third kappa shape index (κ3) is 4.00. The summed E-state index contributed by atoms with van der Waals surface area (Å²) in [6.45, 7) is 2.38. The van der Waals surface area contributed by atoms with Gasteiger partial charge < -0.3 is 14.5 Å². The Bertz CT molecular complexity index is 1030. The monoisotopic (exact) mass is 421 g/mol. The molecule has 0 unspecified atom stereocenters. The number of piperazine rings is 1. The number of halogens is 3. The molecule has 0 spiro atoms. The van der Waals surface area contributed by atoms with Crippen molar-refractivity contribution in [2.45, 2.75) is 6.18 Å². The molecule has 0 atom stereocenters. The van der Waals surface area contributed by atoms with Crippen LogP contribution in [-0.4, -0.2) is 49.1 Å². The molecule has 29 heavy (non-hydrogen) atoms. The maximum absolute atomic E-state index is 12.9. The Balaban J connectivity index is 1.45. The molecule has 5 nitrogen and oxygen atoms in total. The maximum Gasteiger partial charge on any atom is 0.416 e. The van der Waals surface area contributed by atoms with Gasteiger partial charge in [0, 0.05) is 31.9 Å². The van der Waals surface area contributed by atoms with Crippen molar-refractivity contribution < 1.29 is 22.7 Å². The summed E-state index contributed by atoms with van der Waals surface area (Å²) >= 11 is 1.12. The highest BCUT2D eigenvalue weighted by molar-refractivity contribution is 7.20. The van der Waals surface area contributed by atoms with Crippen molar-refractivity contribution in [1.82, 2.24) is 9.88 Å². The third-order valence-electron chi connectivity index (χ3n) is 4.90. The summed E-state index contributed by atoms with van der Waals surface area (Å²) in [5, 5.41) is 0.220. The predicted octanol–water partition coefficient (Wildman–Crippen LogP) is 4.29. The van der Waals surface area contributed by atoms with E-state index in [4.69, 9.17) is 4.74 Å². The summed E-state index contributed by atoms with van der Waals surface area (Å²) in [6.07, 6.45) is -4.43. The number of aromatic nitrogens is 1. The molecular weight excluding hydrogens is 403 g/mol. The molecule has 3 aromatic rings. The van der Waals surface area contributed by atoms with Gasteiger partial charge in [-0.1, -0.05) is 0 Å². The van der Waals surface area contributed by atoms with Gasteiger partial charge >= 0.3 is 6.18 Å². The first kappa shape index (κ1) is 19.5. The summed E-state index contributed by atoms with van der Waals surface area (Å²) in [5.41, 5.74) is 0.491. The zero-order valence-electron chi connectivity index (χ0n) is 15.6. The number of benzene rings is 2. The SMILES string of the molecule is COc1ccc(N2CCN(C(=O)c3nc4cc(C(F)(F)F)ccc4s3)CC2)cc1. The van der Waals surface area contributed by atoms with Crippen molar-refractivity contribution >= 4 is 33.1 Å². The number of nitrogens with zero attached hydrogens (tertiary/aromatic N) is 3. The van der Waals surface area contributed by atoms with Crippen LogP contribution in [0.4, 0.5) is 18.9 Å². The second-order valence-corrected chi connectivity index (χ2v) is 7.71. The highest BCUT2D eigenvalue weighted by Crippen LogP contribution is 2.33. The van der Waals surface area contributed by atoms with Crippen LogP contribution in [-0.2, 0) is 6.18 Å². The average Bonchev–Trinajstić information content (AvgIpc) is 3.16. The number of amides is 1. The fraction of sp³-hybridized carbons (Fsp3) is 0.300. The Morgan fingerprint density at radius 2 is 1.76 bits per heavy atom. The van der Waals surface area contributed by atoms with Gasteiger partial charge in [0.1, 0.15) is 5.75 Å². The number of hydrogen-bond donors (Lipinski definition) is 0. The number of anilines is 1. The van der Waals surface area contributed by atoms with Crippen molar-refractivity contribution in [3.63, 3.8) is 0 Å². The van der Waals surface area contributed by atoms with Crippen LogP contribution >= 0.6 is 11.3 Å². The van der Waals surface area contributed by atoms with Gasteiger partial charge in [0.05, 0.1) is 22.9 Å². The van der Waals surface area contributed by atoms with E-state index in [1.165, 1.54) is 6.07 Å². The molecule has 1 saturated heterocycles. The summed E-state index contributed by atoms with van der Waals surface area (Å²) in [5.74, 6) is 0.543. The minimum absolute atomic E-state index is 0.199. The minimum atomic E-state index is -4.43. The van der Waals surface area contributed by atoms with Crippen LogP contribution in [0.2, 0.25) is 0 Å². The Morgan fingerprint density at radius 1 is 1.07 bits per heavy atom. The predicted molar refractivity (Wildman–Crippen MR) is 106 cm³/mol. The van der Waals surface area contributed by atoms with E-state index in [-0.39, 0.29) is 16.4 Å². The first-order chi connectivity index (χ1) is 13.8. The highest BCUT2D eigenvalue weighted by Gasteiger charge is 2.31. The first-order valence-electron chi connectivity index (χ1n) is 9.01. The van der Waals surface area contributed by atoms with Crippen molar-refractivity contribution in [2.24, 2.45) is 0 Å². The van der Waals surface area contributed by atoms with E-state index in [1.54, 1.807) is 12.0 Å². The molecule has 0 saturated carbocycles. The first-order valence-corrected chi connectivity index (χ1v) is 9.83. The second-order valence-electron chi connectivity index (χ2n) is 6.68. The van der Waals surface area contributed by atoms with E-state index in [2.05, 4.69) is 9.88 Å². The smallest absolute Gasteiger partial charge is 0.416 e. The fourth-order valence-electron chi connectivity index (χ4n) is 3.29. The average molecular weight is 421 g/mol. The Hall–Kier alpha value is -2.81. The van der Waals surface area contributed by atoms with E-state index in [0.717, 1.165) is 34.9 Å². The number of alkyl halides is 3. The molecule has 1 fully saturated rings. The Kier molecular flexibility index (Phi) is 5.08. The van der Waals surface area contributed by atoms with Gasteiger partial charge in [0.15, 0.2) is 5.01 Å². The lowest BCUT2D eigenvalue weighted by atomic mass is 10.2. The van der Waals surface area contributed by atoms with Crippen LogP contribution in [0.5, 0.6) is 5.75 Å². The molecular formula is C20H18F3N3O2S. The fourth-order valence-corrected chi connectivity index (χ4v) is 4.21. The summed E-state index contributed by atoms with van der Waals surface area (Å²) in [7, 11) is 1.62. The van der Waals surface area contributed by atoms with Crippen molar-refractivity contribution in [2.75, 3.05) is 38.2 Å². The van der Waals surface area contributed by atoms with Crippen LogP contribution in [0.3, 0.4) is 0 Å². The molecule has 1 aliphatic heterocycles. The van der Waals surface area contributed by atoms with Crippen LogP contribution in [0.15, 0.2) is 42.5 Å². The highest BCUT2D eigenvalue weighted by atomic mass is 32.1. The number of carbonyl (C=O) groups is 1. The number of methoxy groups -OCH3 is 1. The lowest BCUT2D eigenvalue weighted by Crippen LogP contribution is -2.48. The molecule has 1 aliphatic rings. The van der Waals surface area contributed by atoms with Crippen LogP contribution < -0.4 is 9.64 Å². The topological polar surface area (TPSA) is 45.7 Å². The van der Waals surface area contributed by atoms with Gasteiger partial charge in [-0.05, 0) is 42.5 Å². The summed E-state index contributed by atoms with van der Waals surface area (Å²) < 4.78 is 44.4. The zero-order valence-corrected chi connectivity index (χ0v) is 16.4. The largest absolute Gasteiger partial charge is 0.497 e. The molecule has 152 valence electrons. The molecule has 4 rings (SSSR count). The molecule has 2 heterocycles. The second kappa shape index (κ2) is 7.55. The van der Waals surface area contributed by atoms with E-state index in [1.807, 2.05) is 24.3 Å². The van der Waals surface area contributed by atoms with E-state index in [9.17, 15) is 18.0 Å². The molecule has 2 aromatic carbocycles. The van der Waals surface area contributed by atoms with Crippen LogP contribution in [0.1, 0.15) is 15.4 Å². The van der Waals surface area contributed by atoms with E-state index in [0.29, 0.717) is 30.9 Å². The molecule has 0 aliphatic carbocycles. The van der Waals surface area contributed by atoms with E-state index >= 15 is 0 Å². The number of rotatable bonds is 3.